The van der Waals surface area contributed by atoms with Gasteiger partial charge in [0.1, 0.15) is 12.4 Å². The van der Waals surface area contributed by atoms with Crippen LogP contribution in [-0.4, -0.2) is 46.9 Å². The van der Waals surface area contributed by atoms with Crippen LogP contribution in [0.4, 0.5) is 17.6 Å². The van der Waals surface area contributed by atoms with Crippen molar-refractivity contribution in [2.45, 2.75) is 38.5 Å². The van der Waals surface area contributed by atoms with Gasteiger partial charge in [-0.15, -0.1) is 0 Å². The van der Waals surface area contributed by atoms with E-state index in [1.54, 1.807) is 0 Å². The molecule has 0 unspecified atom stereocenters. The van der Waals surface area contributed by atoms with Crippen LogP contribution in [0, 0.1) is 11.2 Å². The van der Waals surface area contributed by atoms with Crippen LogP contribution >= 0.6 is 0 Å². The Labute approximate surface area is 212 Å². The number of allylic oxidation sites excluding steroid dienone is 1. The highest BCUT2D eigenvalue weighted by Crippen LogP contribution is 2.54. The van der Waals surface area contributed by atoms with Crippen LogP contribution in [0.3, 0.4) is 0 Å². The maximum atomic E-state index is 13.6. The van der Waals surface area contributed by atoms with E-state index in [0.717, 1.165) is 60.6 Å². The molecule has 1 spiro atoms. The van der Waals surface area contributed by atoms with Crippen molar-refractivity contribution in [2.75, 3.05) is 20.1 Å². The van der Waals surface area contributed by atoms with Crippen molar-refractivity contribution in [1.29, 1.82) is 0 Å². The van der Waals surface area contributed by atoms with Gasteiger partial charge in [0.15, 0.2) is 0 Å². The Morgan fingerprint density at radius 1 is 1.03 bits per heavy atom. The van der Waals surface area contributed by atoms with E-state index in [0.29, 0.717) is 10.1 Å². The Morgan fingerprint density at radius 2 is 1.62 bits per heavy atom. The molecule has 5 rings (SSSR count). The maximum Gasteiger partial charge on any atom is 0.408 e. The number of rotatable bonds is 6. The van der Waals surface area contributed by atoms with E-state index in [-0.39, 0.29) is 17.4 Å². The average Bonchev–Trinajstić information content (AvgIpc) is 3.25. The van der Waals surface area contributed by atoms with Crippen molar-refractivity contribution in [3.8, 4) is 0 Å². The van der Waals surface area contributed by atoms with Crippen LogP contribution in [0.5, 0.6) is 0 Å². The lowest BCUT2D eigenvalue weighted by Crippen LogP contribution is -2.58. The number of likely N-dealkylation sites (tertiary alicyclic amines) is 1. The molecule has 1 amide bonds. The Bertz CT molecular complexity index is 1310. The lowest BCUT2D eigenvalue weighted by molar-refractivity contribution is -0.142. The number of carbonyl (C=O) groups is 1. The molecule has 1 aromatic heterocycles. The van der Waals surface area contributed by atoms with Crippen LogP contribution < -0.4 is 5.32 Å². The molecule has 9 heteroatoms. The molecular formula is C28H28F4N4O. The number of nitrogens with zero attached hydrogens (tertiary/aromatic N) is 3. The fourth-order valence-corrected chi connectivity index (χ4v) is 5.60. The SMILES string of the molecule is C[C@@H](NC(=O)c1cnn(CC(F)(F)F)c1)c1ccc(C(=C2CC3(C2)CN(C)C3)c2ccc(F)cc2)cc1. The number of benzene rings is 2. The smallest absolute Gasteiger partial charge is 0.345 e. The Kier molecular flexibility index (Phi) is 6.43. The second kappa shape index (κ2) is 9.45. The highest BCUT2D eigenvalue weighted by molar-refractivity contribution is 5.94. The molecule has 0 bridgehead atoms. The average molecular weight is 513 g/mol. The number of alkyl halides is 3. The van der Waals surface area contributed by atoms with Crippen LogP contribution in [0.25, 0.3) is 5.57 Å². The first-order valence-electron chi connectivity index (χ1n) is 12.2. The van der Waals surface area contributed by atoms with Gasteiger partial charge in [0.2, 0.25) is 0 Å². The summed E-state index contributed by atoms with van der Waals surface area (Å²) in [5.74, 6) is -0.771. The topological polar surface area (TPSA) is 50.2 Å². The van der Waals surface area contributed by atoms with Crippen LogP contribution in [0.2, 0.25) is 0 Å². The summed E-state index contributed by atoms with van der Waals surface area (Å²) in [7, 11) is 2.13. The van der Waals surface area contributed by atoms with Gasteiger partial charge < -0.3 is 10.2 Å². The molecule has 3 aromatic rings. The van der Waals surface area contributed by atoms with Crippen molar-refractivity contribution in [3.05, 3.63) is 94.6 Å². The molecule has 194 valence electrons. The molecule has 37 heavy (non-hydrogen) atoms. The molecule has 2 fully saturated rings. The van der Waals surface area contributed by atoms with Crippen LogP contribution in [-0.2, 0) is 6.54 Å². The summed E-state index contributed by atoms with van der Waals surface area (Å²) in [5.41, 5.74) is 5.78. The summed E-state index contributed by atoms with van der Waals surface area (Å²) < 4.78 is 52.0. The quantitative estimate of drug-likeness (QED) is 0.438. The molecule has 0 radical (unpaired) electrons. The minimum atomic E-state index is -4.41. The van der Waals surface area contributed by atoms with Gasteiger partial charge in [0, 0.05) is 24.7 Å². The zero-order valence-corrected chi connectivity index (χ0v) is 20.6. The minimum Gasteiger partial charge on any atom is -0.345 e. The van der Waals surface area contributed by atoms with Crippen molar-refractivity contribution in [3.63, 3.8) is 0 Å². The highest BCUT2D eigenvalue weighted by Gasteiger charge is 2.49. The zero-order valence-electron chi connectivity index (χ0n) is 20.6. The summed E-state index contributed by atoms with van der Waals surface area (Å²) in [6.45, 7) is 2.76. The molecule has 2 aromatic carbocycles. The van der Waals surface area contributed by atoms with Crippen molar-refractivity contribution >= 4 is 11.5 Å². The van der Waals surface area contributed by atoms with E-state index < -0.39 is 18.6 Å². The number of halogens is 4. The fraction of sp³-hybridized carbons (Fsp3) is 0.357. The number of aromatic nitrogens is 2. The number of hydrogen-bond donors (Lipinski definition) is 1. The fourth-order valence-electron chi connectivity index (χ4n) is 5.60. The van der Waals surface area contributed by atoms with E-state index in [9.17, 15) is 22.4 Å². The second-order valence-electron chi connectivity index (χ2n) is 10.4. The molecular weight excluding hydrogens is 484 g/mol. The molecule has 1 aliphatic carbocycles. The molecule has 2 aliphatic rings. The van der Waals surface area contributed by atoms with E-state index in [1.165, 1.54) is 17.7 Å². The van der Waals surface area contributed by atoms with Gasteiger partial charge in [-0.05, 0) is 61.2 Å². The Morgan fingerprint density at radius 3 is 2.19 bits per heavy atom. The minimum absolute atomic E-state index is 0.0663. The third-order valence-corrected chi connectivity index (χ3v) is 7.16. The molecule has 2 heterocycles. The van der Waals surface area contributed by atoms with Gasteiger partial charge in [-0.2, -0.15) is 18.3 Å². The number of nitrogens with one attached hydrogen (secondary N) is 1. The van der Waals surface area contributed by atoms with Crippen LogP contribution in [0.1, 0.15) is 52.9 Å². The van der Waals surface area contributed by atoms with Crippen molar-refractivity contribution in [2.24, 2.45) is 5.41 Å². The first kappa shape index (κ1) is 25.2. The van der Waals surface area contributed by atoms with Gasteiger partial charge in [0.05, 0.1) is 17.8 Å². The summed E-state index contributed by atoms with van der Waals surface area (Å²) in [6.07, 6.45) is -0.139. The third kappa shape index (κ3) is 5.46. The van der Waals surface area contributed by atoms with Crippen LogP contribution in [0.15, 0.2) is 66.5 Å². The lowest BCUT2D eigenvalue weighted by atomic mass is 9.59. The Hall–Kier alpha value is -3.46. The van der Waals surface area contributed by atoms with E-state index in [4.69, 9.17) is 0 Å². The number of hydrogen-bond acceptors (Lipinski definition) is 3. The predicted octanol–water partition coefficient (Wildman–Crippen LogP) is 5.60. The maximum absolute atomic E-state index is 13.6. The van der Waals surface area contributed by atoms with Crippen molar-refractivity contribution in [1.82, 2.24) is 20.0 Å². The first-order valence-corrected chi connectivity index (χ1v) is 12.2. The summed E-state index contributed by atoms with van der Waals surface area (Å²) in [6, 6.07) is 14.1. The molecule has 1 N–H and O–H groups in total. The summed E-state index contributed by atoms with van der Waals surface area (Å²) in [4.78, 5) is 14.9. The van der Waals surface area contributed by atoms with E-state index >= 15 is 0 Å². The molecule has 1 saturated carbocycles. The molecule has 1 aliphatic heterocycles. The lowest BCUT2D eigenvalue weighted by Gasteiger charge is -2.56. The highest BCUT2D eigenvalue weighted by atomic mass is 19.4. The molecule has 1 saturated heterocycles. The second-order valence-corrected chi connectivity index (χ2v) is 10.4. The van der Waals surface area contributed by atoms with E-state index in [2.05, 4.69) is 22.4 Å². The van der Waals surface area contributed by atoms with Crippen molar-refractivity contribution < 1.29 is 22.4 Å². The zero-order chi connectivity index (χ0) is 26.4. The molecule has 1 atom stereocenters. The first-order chi connectivity index (χ1) is 17.5. The van der Waals surface area contributed by atoms with Gasteiger partial charge in [-0.1, -0.05) is 42.0 Å². The van der Waals surface area contributed by atoms with Gasteiger partial charge in [-0.3, -0.25) is 9.48 Å². The van der Waals surface area contributed by atoms with Gasteiger partial charge in [0.25, 0.3) is 5.91 Å². The number of carbonyl (C=O) groups excluding carboxylic acids is 1. The Balaban J connectivity index is 1.31. The van der Waals surface area contributed by atoms with Gasteiger partial charge in [-0.25, -0.2) is 4.39 Å². The third-order valence-electron chi connectivity index (χ3n) is 7.16. The van der Waals surface area contributed by atoms with Gasteiger partial charge >= 0.3 is 6.18 Å². The molecule has 5 nitrogen and oxygen atoms in total. The summed E-state index contributed by atoms with van der Waals surface area (Å²) >= 11 is 0. The predicted molar refractivity (Wildman–Crippen MR) is 132 cm³/mol. The summed E-state index contributed by atoms with van der Waals surface area (Å²) in [5, 5.41) is 6.45. The normalized spacial score (nSPS) is 17.7. The largest absolute Gasteiger partial charge is 0.408 e. The standard InChI is InChI=1S/C28H28F4N4O/c1-18(34-26(37)23-13-33-36(14-23)17-28(30,31)32)19-3-5-20(6-4-19)25(21-7-9-24(29)10-8-21)22-11-27(12-22)15-35(2)16-27/h3-10,13-14,18H,11-12,15-17H2,1-2H3,(H,34,37)/t18-/m1/s1. The monoisotopic (exact) mass is 512 g/mol. The number of amides is 1. The van der Waals surface area contributed by atoms with E-state index in [1.807, 2.05) is 43.3 Å².